The van der Waals surface area contributed by atoms with Gasteiger partial charge in [0.2, 0.25) is 0 Å². The van der Waals surface area contributed by atoms with Gasteiger partial charge in [0.1, 0.15) is 5.82 Å². The number of hydrogen-bond acceptors (Lipinski definition) is 1. The SMILES string of the molecule is O=C(c1ccc(F)cc1)N1CCC(C2CCCCC2)CC1. The highest BCUT2D eigenvalue weighted by atomic mass is 19.1. The van der Waals surface area contributed by atoms with Crippen molar-refractivity contribution in [3.63, 3.8) is 0 Å². The second kappa shape index (κ2) is 6.59. The van der Waals surface area contributed by atoms with E-state index in [1.54, 1.807) is 12.1 Å². The van der Waals surface area contributed by atoms with Gasteiger partial charge in [-0.3, -0.25) is 4.79 Å². The molecular formula is C18H24FNO. The van der Waals surface area contributed by atoms with E-state index in [4.69, 9.17) is 0 Å². The Bertz CT molecular complexity index is 470. The number of carbonyl (C=O) groups excluding carboxylic acids is 1. The standard InChI is InChI=1S/C18H24FNO/c19-17-8-6-16(7-9-17)18(21)20-12-10-15(11-13-20)14-4-2-1-3-5-14/h6-9,14-15H,1-5,10-13H2. The van der Waals surface area contributed by atoms with Crippen molar-refractivity contribution in [2.45, 2.75) is 44.9 Å². The molecule has 0 N–H and O–H groups in total. The number of halogens is 1. The highest BCUT2D eigenvalue weighted by Gasteiger charge is 2.29. The van der Waals surface area contributed by atoms with Gasteiger partial charge < -0.3 is 4.90 Å². The monoisotopic (exact) mass is 289 g/mol. The lowest BCUT2D eigenvalue weighted by molar-refractivity contribution is 0.0638. The van der Waals surface area contributed by atoms with E-state index < -0.39 is 0 Å². The van der Waals surface area contributed by atoms with Crippen molar-refractivity contribution in [1.82, 2.24) is 4.90 Å². The zero-order chi connectivity index (χ0) is 14.7. The first-order chi connectivity index (χ1) is 10.2. The maximum Gasteiger partial charge on any atom is 0.253 e. The summed E-state index contributed by atoms with van der Waals surface area (Å²) >= 11 is 0. The predicted octanol–water partition coefficient (Wildman–Crippen LogP) is 4.26. The van der Waals surface area contributed by atoms with Crippen molar-refractivity contribution in [3.8, 4) is 0 Å². The Morgan fingerprint density at radius 1 is 0.905 bits per heavy atom. The second-order valence-corrected chi connectivity index (χ2v) is 6.53. The number of benzene rings is 1. The van der Waals surface area contributed by atoms with Crippen LogP contribution >= 0.6 is 0 Å². The minimum absolute atomic E-state index is 0.0529. The molecule has 0 radical (unpaired) electrons. The molecule has 0 bridgehead atoms. The first-order valence-electron chi connectivity index (χ1n) is 8.29. The van der Waals surface area contributed by atoms with Crippen LogP contribution < -0.4 is 0 Å². The van der Waals surface area contributed by atoms with Crippen LogP contribution in [0.1, 0.15) is 55.3 Å². The van der Waals surface area contributed by atoms with Crippen LogP contribution in [0.25, 0.3) is 0 Å². The van der Waals surface area contributed by atoms with Gasteiger partial charge in [0.05, 0.1) is 0 Å². The van der Waals surface area contributed by atoms with Gasteiger partial charge in [-0.1, -0.05) is 32.1 Å². The normalized spacial score (nSPS) is 21.5. The van der Waals surface area contributed by atoms with Crippen LogP contribution in [0, 0.1) is 17.7 Å². The van der Waals surface area contributed by atoms with Gasteiger partial charge in [0, 0.05) is 18.7 Å². The quantitative estimate of drug-likeness (QED) is 0.796. The van der Waals surface area contributed by atoms with Gasteiger partial charge in [0.25, 0.3) is 5.91 Å². The van der Waals surface area contributed by atoms with E-state index in [-0.39, 0.29) is 11.7 Å². The Balaban J connectivity index is 1.55. The van der Waals surface area contributed by atoms with Crippen LogP contribution in [0.2, 0.25) is 0 Å². The lowest BCUT2D eigenvalue weighted by Crippen LogP contribution is -2.40. The van der Waals surface area contributed by atoms with Crippen LogP contribution in [0.5, 0.6) is 0 Å². The fraction of sp³-hybridized carbons (Fsp3) is 0.611. The maximum absolute atomic E-state index is 12.9. The summed E-state index contributed by atoms with van der Waals surface area (Å²) in [5.74, 6) is 1.46. The number of amides is 1. The number of piperidine rings is 1. The predicted molar refractivity (Wildman–Crippen MR) is 81.6 cm³/mol. The summed E-state index contributed by atoms with van der Waals surface area (Å²) < 4.78 is 12.9. The summed E-state index contributed by atoms with van der Waals surface area (Å²) in [6.07, 6.45) is 9.22. The molecule has 0 unspecified atom stereocenters. The van der Waals surface area contributed by atoms with Crippen molar-refractivity contribution in [2.75, 3.05) is 13.1 Å². The summed E-state index contributed by atoms with van der Waals surface area (Å²) in [7, 11) is 0. The van der Waals surface area contributed by atoms with Gasteiger partial charge in [-0.15, -0.1) is 0 Å². The smallest absolute Gasteiger partial charge is 0.253 e. The fourth-order valence-corrected chi connectivity index (χ4v) is 3.95. The summed E-state index contributed by atoms with van der Waals surface area (Å²) in [5.41, 5.74) is 0.604. The highest BCUT2D eigenvalue weighted by Crippen LogP contribution is 2.35. The topological polar surface area (TPSA) is 20.3 Å². The zero-order valence-electron chi connectivity index (χ0n) is 12.6. The molecule has 1 saturated heterocycles. The van der Waals surface area contributed by atoms with Gasteiger partial charge >= 0.3 is 0 Å². The van der Waals surface area contributed by atoms with Crippen molar-refractivity contribution in [3.05, 3.63) is 35.6 Å². The van der Waals surface area contributed by atoms with Gasteiger partial charge in [-0.05, 0) is 48.9 Å². The Morgan fingerprint density at radius 3 is 2.10 bits per heavy atom. The molecule has 1 aromatic carbocycles. The van der Waals surface area contributed by atoms with E-state index in [1.807, 2.05) is 4.90 Å². The average molecular weight is 289 g/mol. The minimum atomic E-state index is -0.289. The molecule has 1 aliphatic heterocycles. The lowest BCUT2D eigenvalue weighted by atomic mass is 9.76. The van der Waals surface area contributed by atoms with Gasteiger partial charge in [-0.25, -0.2) is 4.39 Å². The molecule has 21 heavy (non-hydrogen) atoms. The van der Waals surface area contributed by atoms with E-state index in [2.05, 4.69) is 0 Å². The molecule has 3 heteroatoms. The van der Waals surface area contributed by atoms with Gasteiger partial charge in [0.15, 0.2) is 0 Å². The highest BCUT2D eigenvalue weighted by molar-refractivity contribution is 5.94. The zero-order valence-corrected chi connectivity index (χ0v) is 12.6. The van der Waals surface area contributed by atoms with Crippen LogP contribution in [0.4, 0.5) is 4.39 Å². The molecule has 1 heterocycles. The summed E-state index contributed by atoms with van der Waals surface area (Å²) in [4.78, 5) is 14.3. The number of rotatable bonds is 2. The molecule has 114 valence electrons. The third-order valence-corrected chi connectivity index (χ3v) is 5.23. The van der Waals surface area contributed by atoms with Crippen molar-refractivity contribution in [2.24, 2.45) is 11.8 Å². The number of carbonyl (C=O) groups is 1. The van der Waals surface area contributed by atoms with Crippen LogP contribution in [0.3, 0.4) is 0 Å². The summed E-state index contributed by atoms with van der Waals surface area (Å²) in [5, 5.41) is 0. The first-order valence-corrected chi connectivity index (χ1v) is 8.29. The largest absolute Gasteiger partial charge is 0.339 e. The molecule has 2 fully saturated rings. The minimum Gasteiger partial charge on any atom is -0.339 e. The first kappa shape index (κ1) is 14.6. The van der Waals surface area contributed by atoms with E-state index in [0.717, 1.165) is 37.8 Å². The Hall–Kier alpha value is -1.38. The molecule has 2 aliphatic rings. The molecule has 0 atom stereocenters. The molecule has 1 aromatic rings. The van der Waals surface area contributed by atoms with E-state index in [9.17, 15) is 9.18 Å². The molecule has 1 aliphatic carbocycles. The molecular weight excluding hydrogens is 265 g/mol. The summed E-state index contributed by atoms with van der Waals surface area (Å²) in [6, 6.07) is 5.90. The Kier molecular flexibility index (Phi) is 4.57. The van der Waals surface area contributed by atoms with E-state index in [1.165, 1.54) is 44.2 Å². The number of likely N-dealkylation sites (tertiary alicyclic amines) is 1. The van der Waals surface area contributed by atoms with E-state index >= 15 is 0 Å². The molecule has 3 rings (SSSR count). The Labute approximate surface area is 126 Å². The molecule has 1 amide bonds. The summed E-state index contributed by atoms with van der Waals surface area (Å²) in [6.45, 7) is 1.72. The maximum atomic E-state index is 12.9. The Morgan fingerprint density at radius 2 is 1.48 bits per heavy atom. The van der Waals surface area contributed by atoms with Crippen LogP contribution in [0.15, 0.2) is 24.3 Å². The van der Waals surface area contributed by atoms with Crippen molar-refractivity contribution < 1.29 is 9.18 Å². The molecule has 2 nitrogen and oxygen atoms in total. The average Bonchev–Trinajstić information content (AvgIpc) is 2.56. The molecule has 0 spiro atoms. The fourth-order valence-electron chi connectivity index (χ4n) is 3.95. The second-order valence-electron chi connectivity index (χ2n) is 6.53. The third-order valence-electron chi connectivity index (χ3n) is 5.23. The molecule has 0 aromatic heterocycles. The number of nitrogens with zero attached hydrogens (tertiary/aromatic N) is 1. The number of hydrogen-bond donors (Lipinski definition) is 0. The van der Waals surface area contributed by atoms with Gasteiger partial charge in [-0.2, -0.15) is 0 Å². The lowest BCUT2D eigenvalue weighted by Gasteiger charge is -2.37. The van der Waals surface area contributed by atoms with Crippen LogP contribution in [-0.4, -0.2) is 23.9 Å². The van der Waals surface area contributed by atoms with Crippen LogP contribution in [-0.2, 0) is 0 Å². The third kappa shape index (κ3) is 3.45. The van der Waals surface area contributed by atoms with E-state index in [0.29, 0.717) is 5.56 Å². The van der Waals surface area contributed by atoms with Crippen molar-refractivity contribution in [1.29, 1.82) is 0 Å². The van der Waals surface area contributed by atoms with Crippen molar-refractivity contribution >= 4 is 5.91 Å². The molecule has 1 saturated carbocycles.